The van der Waals surface area contributed by atoms with Crippen LogP contribution in [0.5, 0.6) is 0 Å². The molecule has 1 rings (SSSR count). The molecule has 1 heterocycles. The normalized spacial score (nSPS) is 10.9. The quantitative estimate of drug-likeness (QED) is 0.745. The zero-order chi connectivity index (χ0) is 14.6. The van der Waals surface area contributed by atoms with Gasteiger partial charge < -0.3 is 15.7 Å². The number of nitrogens with zero attached hydrogens (tertiary/aromatic N) is 1. The average Bonchev–Trinajstić information content (AvgIpc) is 2.35. The second-order valence-electron chi connectivity index (χ2n) is 4.95. The van der Waals surface area contributed by atoms with Crippen LogP contribution < -0.4 is 10.6 Å². The summed E-state index contributed by atoms with van der Waals surface area (Å²) in [6.07, 6.45) is 0. The monoisotopic (exact) mass is 265 g/mol. The first-order valence-corrected chi connectivity index (χ1v) is 5.95. The minimum Gasteiger partial charge on any atom is -0.478 e. The van der Waals surface area contributed by atoms with Gasteiger partial charge in [0.2, 0.25) is 5.91 Å². The number of nitrogens with one attached hydrogen (secondary N) is 2. The van der Waals surface area contributed by atoms with Crippen molar-refractivity contribution in [2.24, 2.45) is 5.41 Å². The van der Waals surface area contributed by atoms with E-state index in [1.54, 1.807) is 20.0 Å². The van der Waals surface area contributed by atoms with E-state index in [2.05, 4.69) is 15.6 Å². The van der Waals surface area contributed by atoms with Crippen LogP contribution in [-0.2, 0) is 4.79 Å². The van der Waals surface area contributed by atoms with Crippen molar-refractivity contribution in [2.75, 3.05) is 18.9 Å². The third kappa shape index (κ3) is 3.67. The molecule has 0 atom stereocenters. The van der Waals surface area contributed by atoms with Crippen LogP contribution in [0.2, 0.25) is 0 Å². The van der Waals surface area contributed by atoms with Crippen LogP contribution in [0.4, 0.5) is 5.82 Å². The zero-order valence-electron chi connectivity index (χ0n) is 11.6. The van der Waals surface area contributed by atoms with Gasteiger partial charge in [-0.15, -0.1) is 0 Å². The summed E-state index contributed by atoms with van der Waals surface area (Å²) in [5, 5.41) is 14.5. The molecule has 0 spiro atoms. The van der Waals surface area contributed by atoms with Gasteiger partial charge in [0.1, 0.15) is 5.82 Å². The molecule has 0 fully saturated rings. The van der Waals surface area contributed by atoms with Crippen molar-refractivity contribution in [3.63, 3.8) is 0 Å². The van der Waals surface area contributed by atoms with Crippen molar-refractivity contribution in [3.05, 3.63) is 23.4 Å². The smallest absolute Gasteiger partial charge is 0.337 e. The van der Waals surface area contributed by atoms with E-state index in [-0.39, 0.29) is 11.5 Å². The summed E-state index contributed by atoms with van der Waals surface area (Å²) in [5.74, 6) is -0.513. The number of carbonyl (C=O) groups excluding carboxylic acids is 1. The van der Waals surface area contributed by atoms with Gasteiger partial charge in [-0.2, -0.15) is 0 Å². The number of hydrogen-bond donors (Lipinski definition) is 3. The van der Waals surface area contributed by atoms with E-state index in [1.807, 2.05) is 13.8 Å². The van der Waals surface area contributed by atoms with Crippen LogP contribution in [0, 0.1) is 12.3 Å². The highest BCUT2D eigenvalue weighted by Crippen LogP contribution is 2.17. The maximum atomic E-state index is 11.6. The number of rotatable bonds is 5. The van der Waals surface area contributed by atoms with E-state index < -0.39 is 11.4 Å². The van der Waals surface area contributed by atoms with Gasteiger partial charge in [-0.3, -0.25) is 4.79 Å². The Morgan fingerprint density at radius 3 is 2.47 bits per heavy atom. The molecule has 1 aromatic heterocycles. The number of pyridine rings is 1. The average molecular weight is 265 g/mol. The largest absolute Gasteiger partial charge is 0.478 e. The molecule has 3 N–H and O–H groups in total. The first kappa shape index (κ1) is 14.9. The van der Waals surface area contributed by atoms with E-state index in [9.17, 15) is 9.59 Å². The van der Waals surface area contributed by atoms with Crippen LogP contribution in [0.1, 0.15) is 29.9 Å². The Morgan fingerprint density at radius 1 is 1.37 bits per heavy atom. The summed E-state index contributed by atoms with van der Waals surface area (Å²) in [7, 11) is 1.59. The fraction of sp³-hybridized carbons (Fsp3) is 0.462. The molecule has 0 saturated carbocycles. The fourth-order valence-electron chi connectivity index (χ4n) is 1.62. The third-order valence-corrected chi connectivity index (χ3v) is 2.87. The molecule has 0 aliphatic carbocycles. The van der Waals surface area contributed by atoms with Crippen molar-refractivity contribution in [1.29, 1.82) is 0 Å². The minimum absolute atomic E-state index is 0.0705. The van der Waals surface area contributed by atoms with Gasteiger partial charge in [-0.25, -0.2) is 9.78 Å². The van der Waals surface area contributed by atoms with Crippen LogP contribution in [-0.4, -0.2) is 35.6 Å². The molecular formula is C13H19N3O3. The Balaban J connectivity index is 2.77. The number of anilines is 1. The van der Waals surface area contributed by atoms with Gasteiger partial charge in [0.15, 0.2) is 0 Å². The number of carboxylic acids is 1. The molecule has 6 nitrogen and oxygen atoms in total. The lowest BCUT2D eigenvalue weighted by atomic mass is 9.92. The predicted molar refractivity (Wildman–Crippen MR) is 72.3 cm³/mol. The molecule has 0 aromatic carbocycles. The Morgan fingerprint density at radius 2 is 2.00 bits per heavy atom. The van der Waals surface area contributed by atoms with E-state index in [1.165, 1.54) is 6.07 Å². The SMILES string of the molecule is CNC(=O)C(C)(C)CNc1ccc(C(=O)O)c(C)n1. The van der Waals surface area contributed by atoms with E-state index in [0.717, 1.165) is 0 Å². The highest BCUT2D eigenvalue weighted by atomic mass is 16.4. The molecule has 0 bridgehead atoms. The second-order valence-corrected chi connectivity index (χ2v) is 4.95. The molecule has 0 unspecified atom stereocenters. The van der Waals surface area contributed by atoms with Crippen LogP contribution in [0.25, 0.3) is 0 Å². The number of carbonyl (C=O) groups is 2. The molecule has 0 radical (unpaired) electrons. The summed E-state index contributed by atoms with van der Waals surface area (Å²) in [5.41, 5.74) is 0.0434. The fourth-order valence-corrected chi connectivity index (χ4v) is 1.62. The van der Waals surface area contributed by atoms with E-state index >= 15 is 0 Å². The lowest BCUT2D eigenvalue weighted by Gasteiger charge is -2.23. The second kappa shape index (κ2) is 5.69. The minimum atomic E-state index is -0.998. The molecule has 6 heteroatoms. The molecule has 0 aliphatic heterocycles. The lowest BCUT2D eigenvalue weighted by molar-refractivity contribution is -0.128. The molecule has 1 aromatic rings. The van der Waals surface area contributed by atoms with Crippen molar-refractivity contribution in [2.45, 2.75) is 20.8 Å². The van der Waals surface area contributed by atoms with Crippen LogP contribution in [0.3, 0.4) is 0 Å². The summed E-state index contributed by atoms with van der Waals surface area (Å²) in [4.78, 5) is 26.6. The molecule has 0 saturated heterocycles. The van der Waals surface area contributed by atoms with Crippen molar-refractivity contribution in [1.82, 2.24) is 10.3 Å². The van der Waals surface area contributed by atoms with Gasteiger partial charge in [0.25, 0.3) is 0 Å². The lowest BCUT2D eigenvalue weighted by Crippen LogP contribution is -2.39. The Labute approximate surface area is 112 Å². The topological polar surface area (TPSA) is 91.3 Å². The van der Waals surface area contributed by atoms with Crippen LogP contribution in [0.15, 0.2) is 12.1 Å². The van der Waals surface area contributed by atoms with Gasteiger partial charge >= 0.3 is 5.97 Å². The number of aromatic carboxylic acids is 1. The number of amides is 1. The molecular weight excluding hydrogens is 246 g/mol. The summed E-state index contributed by atoms with van der Waals surface area (Å²) < 4.78 is 0. The Bertz CT molecular complexity index is 498. The van der Waals surface area contributed by atoms with Gasteiger partial charge in [-0.05, 0) is 32.9 Å². The first-order chi connectivity index (χ1) is 8.77. The first-order valence-electron chi connectivity index (χ1n) is 5.95. The number of aromatic nitrogens is 1. The van der Waals surface area contributed by atoms with Gasteiger partial charge in [-0.1, -0.05) is 0 Å². The Hall–Kier alpha value is -2.11. The number of hydrogen-bond acceptors (Lipinski definition) is 4. The summed E-state index contributed by atoms with van der Waals surface area (Å²) in [6, 6.07) is 3.09. The standard InChI is InChI=1S/C13H19N3O3/c1-8-9(11(17)18)5-6-10(16-8)15-7-13(2,3)12(19)14-4/h5-6H,7H2,1-4H3,(H,14,19)(H,15,16)(H,17,18). The molecule has 104 valence electrons. The Kier molecular flexibility index (Phi) is 4.47. The van der Waals surface area contributed by atoms with E-state index in [4.69, 9.17) is 5.11 Å². The third-order valence-electron chi connectivity index (χ3n) is 2.87. The van der Waals surface area contributed by atoms with Gasteiger partial charge in [0.05, 0.1) is 16.7 Å². The molecule has 19 heavy (non-hydrogen) atoms. The summed E-state index contributed by atoms with van der Waals surface area (Å²) >= 11 is 0. The van der Waals surface area contributed by atoms with Crippen molar-refractivity contribution >= 4 is 17.7 Å². The van der Waals surface area contributed by atoms with Crippen molar-refractivity contribution in [3.8, 4) is 0 Å². The molecule has 0 aliphatic rings. The van der Waals surface area contributed by atoms with Crippen molar-refractivity contribution < 1.29 is 14.7 Å². The zero-order valence-corrected chi connectivity index (χ0v) is 11.6. The van der Waals surface area contributed by atoms with Gasteiger partial charge in [0, 0.05) is 13.6 Å². The molecule has 1 amide bonds. The highest BCUT2D eigenvalue weighted by Gasteiger charge is 2.26. The maximum absolute atomic E-state index is 11.6. The predicted octanol–water partition coefficient (Wildman–Crippen LogP) is 1.27. The van der Waals surface area contributed by atoms with E-state index in [0.29, 0.717) is 18.1 Å². The summed E-state index contributed by atoms with van der Waals surface area (Å²) in [6.45, 7) is 5.68. The maximum Gasteiger partial charge on any atom is 0.337 e. The van der Waals surface area contributed by atoms with Crippen LogP contribution >= 0.6 is 0 Å². The highest BCUT2D eigenvalue weighted by molar-refractivity contribution is 5.89. The number of aryl methyl sites for hydroxylation is 1. The number of carboxylic acid groups (broad SMARTS) is 1.